The van der Waals surface area contributed by atoms with Crippen molar-refractivity contribution in [1.29, 1.82) is 0 Å². The van der Waals surface area contributed by atoms with Gasteiger partial charge in [-0.2, -0.15) is 0 Å². The van der Waals surface area contributed by atoms with Crippen LogP contribution in [-0.2, 0) is 9.59 Å². The van der Waals surface area contributed by atoms with E-state index in [-0.39, 0.29) is 23.6 Å². The van der Waals surface area contributed by atoms with E-state index in [1.54, 1.807) is 13.1 Å². The van der Waals surface area contributed by atoms with Crippen LogP contribution in [0.25, 0.3) is 0 Å². The lowest BCUT2D eigenvalue weighted by Gasteiger charge is -2.26. The molecule has 0 saturated carbocycles. The fraction of sp³-hybridized carbons (Fsp3) is 0.636. The predicted molar refractivity (Wildman–Crippen MR) is 59.7 cm³/mol. The van der Waals surface area contributed by atoms with E-state index >= 15 is 0 Å². The molecule has 5 heteroatoms. The maximum absolute atomic E-state index is 12.1. The molecule has 0 saturated heterocycles. The lowest BCUT2D eigenvalue weighted by molar-refractivity contribution is -0.140. The fourth-order valence-electron chi connectivity index (χ4n) is 1.90. The summed E-state index contributed by atoms with van der Waals surface area (Å²) in [6.07, 6.45) is 2.20. The summed E-state index contributed by atoms with van der Waals surface area (Å²) in [4.78, 5) is 24.4. The second-order valence-electron chi connectivity index (χ2n) is 4.18. The van der Waals surface area contributed by atoms with Crippen LogP contribution in [0, 0.1) is 5.92 Å². The third-order valence-corrected chi connectivity index (χ3v) is 2.71. The summed E-state index contributed by atoms with van der Waals surface area (Å²) in [5, 5.41) is 11.9. The zero-order chi connectivity index (χ0) is 12.3. The van der Waals surface area contributed by atoms with Crippen molar-refractivity contribution in [2.75, 3.05) is 13.6 Å². The summed E-state index contributed by atoms with van der Waals surface area (Å²) in [5.74, 6) is -1.07. The third kappa shape index (κ3) is 2.41. The Bertz CT molecular complexity index is 323. The Kier molecular flexibility index (Phi) is 4.06. The van der Waals surface area contributed by atoms with Gasteiger partial charge < -0.3 is 15.3 Å². The zero-order valence-corrected chi connectivity index (χ0v) is 9.86. The van der Waals surface area contributed by atoms with E-state index in [0.29, 0.717) is 13.0 Å². The van der Waals surface area contributed by atoms with Gasteiger partial charge in [-0.1, -0.05) is 19.9 Å². The summed E-state index contributed by atoms with van der Waals surface area (Å²) in [6, 6.07) is -0.333. The van der Waals surface area contributed by atoms with Crippen LogP contribution in [0.5, 0.6) is 0 Å². The summed E-state index contributed by atoms with van der Waals surface area (Å²) >= 11 is 0. The Morgan fingerprint density at radius 2 is 2.12 bits per heavy atom. The number of nitrogens with zero attached hydrogens (tertiary/aromatic N) is 1. The number of amides is 1. The molecule has 1 amide bonds. The van der Waals surface area contributed by atoms with Gasteiger partial charge in [0.05, 0.1) is 6.04 Å². The number of carbonyl (C=O) groups excluding carboxylic acids is 1. The van der Waals surface area contributed by atoms with Crippen molar-refractivity contribution in [2.24, 2.45) is 5.92 Å². The number of rotatable bonds is 4. The highest BCUT2D eigenvalue weighted by molar-refractivity contribution is 5.95. The molecule has 1 unspecified atom stereocenters. The quantitative estimate of drug-likeness (QED) is 0.729. The Balaban J connectivity index is 2.82. The second kappa shape index (κ2) is 5.12. The average Bonchev–Trinajstić information content (AvgIpc) is 2.65. The van der Waals surface area contributed by atoms with Crippen LogP contribution in [0.4, 0.5) is 0 Å². The Morgan fingerprint density at radius 1 is 1.50 bits per heavy atom. The molecule has 1 atom stereocenters. The third-order valence-electron chi connectivity index (χ3n) is 2.71. The Labute approximate surface area is 95.1 Å². The summed E-state index contributed by atoms with van der Waals surface area (Å²) in [6.45, 7) is 4.32. The number of likely N-dealkylation sites (N-methyl/N-ethyl adjacent to an activating group) is 1. The number of carboxylic acid groups (broad SMARTS) is 1. The van der Waals surface area contributed by atoms with Crippen molar-refractivity contribution in [3.63, 3.8) is 0 Å². The normalized spacial score (nSPS) is 17.5. The number of hydrogen-bond donors (Lipinski definition) is 2. The molecule has 90 valence electrons. The first kappa shape index (κ1) is 12.7. The van der Waals surface area contributed by atoms with Gasteiger partial charge in [0.15, 0.2) is 0 Å². The number of aliphatic carboxylic acids is 1. The number of nitrogens with one attached hydrogen (secondary N) is 1. The Hall–Kier alpha value is -1.36. The van der Waals surface area contributed by atoms with Crippen LogP contribution in [-0.4, -0.2) is 41.5 Å². The molecule has 1 aliphatic rings. The standard InChI is InChI=1S/C11H18N2O3/c1-7(2)9(12-3)10(14)13-6-4-5-8(13)11(15)16/h5,7,9,12H,4,6H2,1-3H3,(H,15,16). The van der Waals surface area contributed by atoms with Crippen molar-refractivity contribution in [2.45, 2.75) is 26.3 Å². The summed E-state index contributed by atoms with van der Waals surface area (Å²) in [7, 11) is 1.71. The molecule has 2 N–H and O–H groups in total. The van der Waals surface area contributed by atoms with Crippen molar-refractivity contribution in [1.82, 2.24) is 10.2 Å². The van der Waals surface area contributed by atoms with E-state index in [2.05, 4.69) is 5.32 Å². The molecule has 0 fully saturated rings. The van der Waals surface area contributed by atoms with Gasteiger partial charge in [0.25, 0.3) is 0 Å². The first-order valence-electron chi connectivity index (χ1n) is 5.41. The molecule has 0 radical (unpaired) electrons. The van der Waals surface area contributed by atoms with E-state index in [0.717, 1.165) is 0 Å². The van der Waals surface area contributed by atoms with Gasteiger partial charge in [-0.05, 0) is 19.4 Å². The molecule has 0 aromatic heterocycles. The number of hydrogen-bond acceptors (Lipinski definition) is 3. The van der Waals surface area contributed by atoms with Crippen LogP contribution in [0.3, 0.4) is 0 Å². The van der Waals surface area contributed by atoms with Gasteiger partial charge in [0.2, 0.25) is 5.91 Å². The van der Waals surface area contributed by atoms with Crippen molar-refractivity contribution < 1.29 is 14.7 Å². The minimum atomic E-state index is -1.04. The first-order valence-corrected chi connectivity index (χ1v) is 5.41. The molecule has 1 heterocycles. The lowest BCUT2D eigenvalue weighted by atomic mass is 10.0. The van der Waals surface area contributed by atoms with Crippen LogP contribution < -0.4 is 5.32 Å². The van der Waals surface area contributed by atoms with Crippen molar-refractivity contribution >= 4 is 11.9 Å². The van der Waals surface area contributed by atoms with E-state index in [1.165, 1.54) is 4.90 Å². The van der Waals surface area contributed by atoms with Gasteiger partial charge >= 0.3 is 5.97 Å². The smallest absolute Gasteiger partial charge is 0.352 e. The number of carboxylic acids is 1. The first-order chi connectivity index (χ1) is 7.49. The van der Waals surface area contributed by atoms with Crippen LogP contribution in [0.2, 0.25) is 0 Å². The van der Waals surface area contributed by atoms with E-state index in [1.807, 2.05) is 13.8 Å². The highest BCUT2D eigenvalue weighted by atomic mass is 16.4. The molecule has 0 aliphatic carbocycles. The van der Waals surface area contributed by atoms with Gasteiger partial charge in [0.1, 0.15) is 5.70 Å². The molecule has 5 nitrogen and oxygen atoms in total. The molecule has 0 spiro atoms. The average molecular weight is 226 g/mol. The van der Waals surface area contributed by atoms with E-state index in [4.69, 9.17) is 5.11 Å². The van der Waals surface area contributed by atoms with Gasteiger partial charge in [-0.15, -0.1) is 0 Å². The maximum Gasteiger partial charge on any atom is 0.352 e. The van der Waals surface area contributed by atoms with Crippen molar-refractivity contribution in [3.8, 4) is 0 Å². The molecule has 0 aromatic carbocycles. The summed E-state index contributed by atoms with van der Waals surface area (Å²) in [5.41, 5.74) is 0.103. The van der Waals surface area contributed by atoms with Crippen molar-refractivity contribution in [3.05, 3.63) is 11.8 Å². The summed E-state index contributed by atoms with van der Waals surface area (Å²) < 4.78 is 0. The largest absolute Gasteiger partial charge is 0.477 e. The molecule has 0 bridgehead atoms. The van der Waals surface area contributed by atoms with Gasteiger partial charge in [0, 0.05) is 6.54 Å². The van der Waals surface area contributed by atoms with Gasteiger partial charge in [-0.25, -0.2) is 4.79 Å². The highest BCUT2D eigenvalue weighted by Gasteiger charge is 2.32. The number of carbonyl (C=O) groups is 2. The zero-order valence-electron chi connectivity index (χ0n) is 9.86. The van der Waals surface area contributed by atoms with Crippen LogP contribution in [0.15, 0.2) is 11.8 Å². The highest BCUT2D eigenvalue weighted by Crippen LogP contribution is 2.18. The topological polar surface area (TPSA) is 69.6 Å². The molecular weight excluding hydrogens is 208 g/mol. The van der Waals surface area contributed by atoms with Crippen LogP contribution in [0.1, 0.15) is 20.3 Å². The molecular formula is C11H18N2O3. The fourth-order valence-corrected chi connectivity index (χ4v) is 1.90. The van der Waals surface area contributed by atoms with E-state index < -0.39 is 5.97 Å². The molecule has 1 aliphatic heterocycles. The monoisotopic (exact) mass is 226 g/mol. The van der Waals surface area contributed by atoms with Gasteiger partial charge in [-0.3, -0.25) is 4.79 Å². The predicted octanol–water partition coefficient (Wildman–Crippen LogP) is 0.431. The SMILES string of the molecule is CNC(C(=O)N1CCC=C1C(=O)O)C(C)C. The molecule has 16 heavy (non-hydrogen) atoms. The maximum atomic E-state index is 12.1. The minimum Gasteiger partial charge on any atom is -0.477 e. The molecule has 1 rings (SSSR count). The second-order valence-corrected chi connectivity index (χ2v) is 4.18. The Morgan fingerprint density at radius 3 is 2.56 bits per heavy atom. The van der Waals surface area contributed by atoms with Crippen LogP contribution >= 0.6 is 0 Å². The van der Waals surface area contributed by atoms with E-state index in [9.17, 15) is 9.59 Å². The molecule has 0 aromatic rings. The lowest BCUT2D eigenvalue weighted by Crippen LogP contribution is -2.47. The minimum absolute atomic E-state index is 0.103.